The Hall–Kier alpha value is -0.340. The minimum Gasteiger partial charge on any atom is -0.380 e. The van der Waals surface area contributed by atoms with Crippen LogP contribution in [0.2, 0.25) is 0 Å². The van der Waals surface area contributed by atoms with Gasteiger partial charge in [0.05, 0.1) is 3.57 Å². The first-order chi connectivity index (χ1) is 6.05. The minimum atomic E-state index is -3.84. The van der Waals surface area contributed by atoms with Gasteiger partial charge in [-0.15, -0.1) is 0 Å². The molecular weight excluding hydrogens is 307 g/mol. The van der Waals surface area contributed by atoms with Crippen molar-refractivity contribution in [1.29, 1.82) is 0 Å². The van der Waals surface area contributed by atoms with E-state index >= 15 is 0 Å². The first kappa shape index (κ1) is 10.7. The predicted octanol–water partition coefficient (Wildman–Crippen LogP) is 0.950. The van der Waals surface area contributed by atoms with Crippen molar-refractivity contribution in [3.8, 4) is 5.75 Å². The summed E-state index contributed by atoms with van der Waals surface area (Å²) >= 11 is 1.95. The molecule has 0 saturated carbocycles. The normalized spacial score (nSPS) is 11.2. The van der Waals surface area contributed by atoms with Crippen LogP contribution in [0.4, 0.5) is 0 Å². The minimum absolute atomic E-state index is 0.233. The highest BCUT2D eigenvalue weighted by Crippen LogP contribution is 2.21. The molecule has 0 heterocycles. The van der Waals surface area contributed by atoms with Gasteiger partial charge in [0, 0.05) is 0 Å². The highest BCUT2D eigenvalue weighted by molar-refractivity contribution is 14.1. The molecule has 0 saturated heterocycles. The van der Waals surface area contributed by atoms with Gasteiger partial charge in [0.25, 0.3) is 0 Å². The summed E-state index contributed by atoms with van der Waals surface area (Å²) in [4.78, 5) is 0. The Bertz CT molecular complexity index is 387. The second kappa shape index (κ2) is 4.25. The molecule has 0 bridgehead atoms. The van der Waals surface area contributed by atoms with Crippen molar-refractivity contribution in [3.05, 3.63) is 27.8 Å². The first-order valence-electron chi connectivity index (χ1n) is 3.33. The maximum absolute atomic E-state index is 10.8. The van der Waals surface area contributed by atoms with E-state index in [2.05, 4.69) is 4.18 Å². The molecule has 1 aromatic carbocycles. The fraction of sp³-hybridized carbons (Fsp3) is 0.143. The molecule has 0 aliphatic rings. The lowest BCUT2D eigenvalue weighted by Crippen LogP contribution is -2.13. The highest BCUT2D eigenvalue weighted by Gasteiger charge is 2.11. The molecule has 0 fully saturated rings. The summed E-state index contributed by atoms with van der Waals surface area (Å²) in [6, 6.07) is 6.66. The van der Waals surface area contributed by atoms with Gasteiger partial charge in [-0.1, -0.05) is 12.1 Å². The van der Waals surface area contributed by atoms with E-state index in [0.29, 0.717) is 3.57 Å². The predicted molar refractivity (Wildman–Crippen MR) is 55.8 cm³/mol. The molecule has 6 heteroatoms. The summed E-state index contributed by atoms with van der Waals surface area (Å²) in [7, 11) is -3.84. The van der Waals surface area contributed by atoms with Gasteiger partial charge in [0.2, 0.25) is 0 Å². The van der Waals surface area contributed by atoms with Crippen molar-refractivity contribution < 1.29 is 17.7 Å². The Balaban J connectivity index is 2.93. The lowest BCUT2D eigenvalue weighted by Gasteiger charge is -2.05. The van der Waals surface area contributed by atoms with Crippen LogP contribution in [-0.4, -0.2) is 19.5 Å². The Kier molecular flexibility index (Phi) is 3.51. The molecule has 4 nitrogen and oxygen atoms in total. The van der Waals surface area contributed by atoms with Crippen molar-refractivity contribution in [2.75, 3.05) is 5.94 Å². The standard InChI is InChI=1S/C7H7IO4S/c8-6-3-1-2-4-7(6)12-13(10,11)5-9/h1-4,9H,5H2. The summed E-state index contributed by atoms with van der Waals surface area (Å²) in [5, 5.41) is 8.43. The van der Waals surface area contributed by atoms with Crippen LogP contribution in [0.15, 0.2) is 24.3 Å². The SMILES string of the molecule is O=S(=O)(CO)Oc1ccccc1I. The molecule has 0 unspecified atom stereocenters. The van der Waals surface area contributed by atoms with Gasteiger partial charge in [-0.2, -0.15) is 8.42 Å². The molecule has 72 valence electrons. The molecule has 0 aromatic heterocycles. The lowest BCUT2D eigenvalue weighted by molar-refractivity contribution is 0.338. The van der Waals surface area contributed by atoms with Crippen LogP contribution in [0.1, 0.15) is 0 Å². The van der Waals surface area contributed by atoms with E-state index in [0.717, 1.165) is 0 Å². The van der Waals surface area contributed by atoms with E-state index in [1.807, 2.05) is 22.6 Å². The van der Waals surface area contributed by atoms with Gasteiger partial charge in [0.1, 0.15) is 0 Å². The number of aliphatic hydroxyl groups excluding tert-OH is 1. The Morgan fingerprint density at radius 2 is 2.00 bits per heavy atom. The highest BCUT2D eigenvalue weighted by atomic mass is 127. The number of rotatable bonds is 3. The van der Waals surface area contributed by atoms with Gasteiger partial charge in [-0.05, 0) is 34.7 Å². The van der Waals surface area contributed by atoms with E-state index in [9.17, 15) is 8.42 Å². The van der Waals surface area contributed by atoms with Crippen molar-refractivity contribution >= 4 is 32.7 Å². The summed E-state index contributed by atoms with van der Waals surface area (Å²) < 4.78 is 27.0. The van der Waals surface area contributed by atoms with Crippen molar-refractivity contribution in [1.82, 2.24) is 0 Å². The van der Waals surface area contributed by atoms with Crippen LogP contribution in [0, 0.1) is 3.57 Å². The maximum Gasteiger partial charge on any atom is 0.333 e. The second-order valence-electron chi connectivity index (χ2n) is 2.20. The third kappa shape index (κ3) is 3.12. The second-order valence-corrected chi connectivity index (χ2v) is 4.90. The molecule has 1 aromatic rings. The molecule has 0 spiro atoms. The summed E-state index contributed by atoms with van der Waals surface area (Å²) in [6.07, 6.45) is 0. The molecule has 0 aliphatic carbocycles. The van der Waals surface area contributed by atoms with E-state index < -0.39 is 16.1 Å². The van der Waals surface area contributed by atoms with E-state index in [-0.39, 0.29) is 5.75 Å². The fourth-order valence-corrected chi connectivity index (χ4v) is 1.79. The molecule has 0 radical (unpaired) electrons. The Labute approximate surface area is 89.8 Å². The molecule has 13 heavy (non-hydrogen) atoms. The van der Waals surface area contributed by atoms with Gasteiger partial charge < -0.3 is 9.29 Å². The number of aliphatic hydroxyl groups is 1. The van der Waals surface area contributed by atoms with Crippen LogP contribution in [-0.2, 0) is 10.1 Å². The number of hydrogen-bond acceptors (Lipinski definition) is 4. The summed E-state index contributed by atoms with van der Waals surface area (Å²) in [5.74, 6) is -0.782. The lowest BCUT2D eigenvalue weighted by atomic mass is 10.3. The van der Waals surface area contributed by atoms with Crippen molar-refractivity contribution in [3.63, 3.8) is 0 Å². The van der Waals surface area contributed by atoms with Crippen molar-refractivity contribution in [2.45, 2.75) is 0 Å². The number of benzene rings is 1. The molecule has 0 amide bonds. The zero-order chi connectivity index (χ0) is 9.90. The average Bonchev–Trinajstić information content (AvgIpc) is 2.09. The van der Waals surface area contributed by atoms with Crippen molar-refractivity contribution in [2.24, 2.45) is 0 Å². The fourth-order valence-electron chi connectivity index (χ4n) is 0.675. The van der Waals surface area contributed by atoms with E-state index in [4.69, 9.17) is 5.11 Å². The van der Waals surface area contributed by atoms with Crippen LogP contribution in [0.25, 0.3) is 0 Å². The molecule has 1 rings (SSSR count). The van der Waals surface area contributed by atoms with Crippen LogP contribution >= 0.6 is 22.6 Å². The monoisotopic (exact) mass is 314 g/mol. The maximum atomic E-state index is 10.8. The number of para-hydroxylation sites is 1. The third-order valence-corrected chi connectivity index (χ3v) is 2.85. The topological polar surface area (TPSA) is 63.6 Å². The van der Waals surface area contributed by atoms with Crippen LogP contribution in [0.5, 0.6) is 5.75 Å². The average molecular weight is 314 g/mol. The van der Waals surface area contributed by atoms with E-state index in [1.165, 1.54) is 6.07 Å². The van der Waals surface area contributed by atoms with Crippen LogP contribution < -0.4 is 4.18 Å². The quantitative estimate of drug-likeness (QED) is 0.666. The Morgan fingerprint density at radius 3 is 2.54 bits per heavy atom. The molecule has 1 N–H and O–H groups in total. The first-order valence-corrected chi connectivity index (χ1v) is 5.98. The molecule has 0 aliphatic heterocycles. The van der Waals surface area contributed by atoms with Gasteiger partial charge in [-0.25, -0.2) is 0 Å². The van der Waals surface area contributed by atoms with Crippen LogP contribution in [0.3, 0.4) is 0 Å². The van der Waals surface area contributed by atoms with E-state index in [1.54, 1.807) is 18.2 Å². The molecule has 0 atom stereocenters. The number of hydrogen-bond donors (Lipinski definition) is 1. The summed E-state index contributed by atoms with van der Waals surface area (Å²) in [6.45, 7) is 0. The smallest absolute Gasteiger partial charge is 0.333 e. The Morgan fingerprint density at radius 1 is 1.38 bits per heavy atom. The number of halogens is 1. The zero-order valence-corrected chi connectivity index (χ0v) is 9.45. The molecular formula is C7H7IO4S. The zero-order valence-electron chi connectivity index (χ0n) is 6.47. The third-order valence-electron chi connectivity index (χ3n) is 1.21. The largest absolute Gasteiger partial charge is 0.380 e. The van der Waals surface area contributed by atoms with Gasteiger partial charge >= 0.3 is 10.1 Å². The van der Waals surface area contributed by atoms with Gasteiger partial charge in [0.15, 0.2) is 11.7 Å². The summed E-state index contributed by atoms with van der Waals surface area (Å²) in [5.41, 5.74) is 0. The van der Waals surface area contributed by atoms with Gasteiger partial charge in [-0.3, -0.25) is 0 Å².